The summed E-state index contributed by atoms with van der Waals surface area (Å²) in [5.74, 6) is -1.80. The van der Waals surface area contributed by atoms with Gasteiger partial charge in [0, 0.05) is 38.1 Å². The normalized spacial score (nSPS) is 15.4. The molecule has 0 rings (SSSR count). The van der Waals surface area contributed by atoms with Crippen molar-refractivity contribution in [3.8, 4) is 0 Å². The van der Waals surface area contributed by atoms with Crippen molar-refractivity contribution >= 4 is 29.1 Å². The lowest BCUT2D eigenvalue weighted by Gasteiger charge is -2.14. The summed E-state index contributed by atoms with van der Waals surface area (Å²) < 4.78 is 0. The summed E-state index contributed by atoms with van der Waals surface area (Å²) in [7, 11) is 0. The van der Waals surface area contributed by atoms with E-state index in [2.05, 4.69) is 0 Å². The molecular weight excluding hydrogens is 474 g/mol. The van der Waals surface area contributed by atoms with E-state index in [1.165, 1.54) is 18.2 Å². The summed E-state index contributed by atoms with van der Waals surface area (Å²) in [6, 6.07) is 0. The van der Waals surface area contributed by atoms with Gasteiger partial charge < -0.3 is 15.9 Å². The molecule has 0 spiro atoms. The highest BCUT2D eigenvalue weighted by Crippen LogP contribution is 2.16. The number of rotatable bonds is 19. The van der Waals surface area contributed by atoms with Crippen molar-refractivity contribution < 1.29 is 34.2 Å². The maximum atomic E-state index is 12.5. The number of carboxylic acid groups (broad SMARTS) is 1. The predicted octanol–water partition coefficient (Wildman–Crippen LogP) is 4.07. The lowest BCUT2D eigenvalue weighted by molar-refractivity contribution is -0.136. The lowest BCUT2D eigenvalue weighted by atomic mass is 9.92. The Kier molecular flexibility index (Phi) is 16.8. The van der Waals surface area contributed by atoms with E-state index in [1.807, 2.05) is 6.92 Å². The first-order chi connectivity index (χ1) is 17.2. The van der Waals surface area contributed by atoms with E-state index in [9.17, 15) is 29.1 Å². The Hall–Kier alpha value is -2.97. The van der Waals surface area contributed by atoms with Gasteiger partial charge in [-0.25, -0.2) is 0 Å². The van der Waals surface area contributed by atoms with Gasteiger partial charge in [0.1, 0.15) is 5.78 Å². The van der Waals surface area contributed by atoms with Gasteiger partial charge in [0.05, 0.1) is 12.5 Å². The van der Waals surface area contributed by atoms with E-state index in [0.29, 0.717) is 42.4 Å². The first kappa shape index (κ1) is 34.0. The van der Waals surface area contributed by atoms with E-state index < -0.39 is 12.1 Å². The van der Waals surface area contributed by atoms with Crippen molar-refractivity contribution in [2.45, 2.75) is 85.7 Å². The van der Waals surface area contributed by atoms with E-state index in [0.717, 1.165) is 0 Å². The minimum Gasteiger partial charge on any atom is -0.481 e. The molecular formula is C29H43NO7. The number of aliphatic hydroxyl groups excluding tert-OH is 1. The van der Waals surface area contributed by atoms with E-state index in [4.69, 9.17) is 10.8 Å². The molecule has 1 unspecified atom stereocenters. The second-order valence-electron chi connectivity index (χ2n) is 9.92. The van der Waals surface area contributed by atoms with E-state index >= 15 is 0 Å². The zero-order valence-corrected chi connectivity index (χ0v) is 22.8. The van der Waals surface area contributed by atoms with Crippen LogP contribution in [-0.4, -0.2) is 52.0 Å². The van der Waals surface area contributed by atoms with Crippen molar-refractivity contribution in [1.82, 2.24) is 0 Å². The highest BCUT2D eigenvalue weighted by molar-refractivity contribution is 5.97. The zero-order chi connectivity index (χ0) is 28.5. The van der Waals surface area contributed by atoms with Crippen LogP contribution < -0.4 is 5.73 Å². The number of carbonyl (C=O) groups is 5. The summed E-state index contributed by atoms with van der Waals surface area (Å²) >= 11 is 0. The standard InChI is InChI=1S/C29H43NO7/c1-19(12-25(32)10-11-26(33)14-22(4)17-29(36)37)6-7-20(2)16-28(35)23(5)8-9-24(31)13-21(3)15-27(34)18-30/h6-7,12,14,16,21,23,27,34H,8-11,13,15,17-18,30H2,1-5H3,(H,36,37)/b7-6+,19-12+,20-16+,22-14+/t21-,23?,27-/m1/s1. The third kappa shape index (κ3) is 18.0. The molecule has 8 nitrogen and oxygen atoms in total. The summed E-state index contributed by atoms with van der Waals surface area (Å²) in [6.45, 7) is 8.93. The second kappa shape index (κ2) is 18.3. The van der Waals surface area contributed by atoms with Gasteiger partial charge in [0.25, 0.3) is 0 Å². The van der Waals surface area contributed by atoms with Crippen molar-refractivity contribution in [2.24, 2.45) is 17.6 Å². The van der Waals surface area contributed by atoms with Crippen LogP contribution in [0.2, 0.25) is 0 Å². The molecule has 0 aromatic rings. The van der Waals surface area contributed by atoms with Gasteiger partial charge in [-0.05, 0) is 68.9 Å². The Morgan fingerprint density at radius 1 is 0.838 bits per heavy atom. The fourth-order valence-corrected chi connectivity index (χ4v) is 3.59. The number of carboxylic acids is 1. The van der Waals surface area contributed by atoms with Gasteiger partial charge in [-0.1, -0.05) is 31.6 Å². The number of aliphatic hydroxyl groups is 1. The Balaban J connectivity index is 4.65. The van der Waals surface area contributed by atoms with Crippen LogP contribution in [-0.2, 0) is 24.0 Å². The van der Waals surface area contributed by atoms with Gasteiger partial charge in [0.15, 0.2) is 17.3 Å². The molecule has 0 saturated carbocycles. The molecule has 0 aromatic heterocycles. The maximum Gasteiger partial charge on any atom is 0.307 e. The number of nitrogens with two attached hydrogens (primary N) is 1. The van der Waals surface area contributed by atoms with Crippen LogP contribution in [0.5, 0.6) is 0 Å². The molecule has 0 aliphatic heterocycles. The SMILES string of the molecule is CC(/C=C/C(C)=C/C(=O)C(C)CCC(=O)C[C@@H](C)C[C@@H](O)CN)=C\C(=O)CCC(=O)/C=C(\C)CC(=O)O. The molecule has 8 heteroatoms. The topological polar surface area (TPSA) is 152 Å². The molecule has 0 aliphatic carbocycles. The Morgan fingerprint density at radius 2 is 1.38 bits per heavy atom. The molecule has 0 aliphatic rings. The first-order valence-corrected chi connectivity index (χ1v) is 12.7. The van der Waals surface area contributed by atoms with Gasteiger partial charge >= 0.3 is 5.97 Å². The third-order valence-corrected chi connectivity index (χ3v) is 5.69. The average molecular weight is 518 g/mol. The number of hydrogen-bond acceptors (Lipinski definition) is 7. The predicted molar refractivity (Wildman–Crippen MR) is 144 cm³/mol. The van der Waals surface area contributed by atoms with Crippen LogP contribution in [0, 0.1) is 11.8 Å². The van der Waals surface area contributed by atoms with Crippen LogP contribution in [0.15, 0.2) is 47.1 Å². The molecule has 0 heterocycles. The molecule has 0 radical (unpaired) electrons. The van der Waals surface area contributed by atoms with E-state index in [-0.39, 0.29) is 60.8 Å². The van der Waals surface area contributed by atoms with Crippen LogP contribution >= 0.6 is 0 Å². The third-order valence-electron chi connectivity index (χ3n) is 5.69. The van der Waals surface area contributed by atoms with Gasteiger partial charge in [-0.15, -0.1) is 0 Å². The average Bonchev–Trinajstić information content (AvgIpc) is 2.78. The molecule has 4 N–H and O–H groups in total. The van der Waals surface area contributed by atoms with Crippen molar-refractivity contribution in [1.29, 1.82) is 0 Å². The highest BCUT2D eigenvalue weighted by atomic mass is 16.4. The number of aliphatic carboxylic acids is 1. The van der Waals surface area contributed by atoms with Crippen LogP contribution in [0.4, 0.5) is 0 Å². The number of hydrogen-bond donors (Lipinski definition) is 3. The quantitative estimate of drug-likeness (QED) is 0.171. The molecule has 0 fully saturated rings. The fraction of sp³-hybridized carbons (Fsp3) is 0.552. The van der Waals surface area contributed by atoms with Crippen molar-refractivity contribution in [2.75, 3.05) is 6.54 Å². The molecule has 0 saturated heterocycles. The van der Waals surface area contributed by atoms with Crippen molar-refractivity contribution in [3.63, 3.8) is 0 Å². The minimum absolute atomic E-state index is 0.00563. The van der Waals surface area contributed by atoms with Gasteiger partial charge in [0.2, 0.25) is 0 Å². The highest BCUT2D eigenvalue weighted by Gasteiger charge is 2.16. The molecule has 0 amide bonds. The van der Waals surface area contributed by atoms with Crippen LogP contribution in [0.1, 0.15) is 79.6 Å². The number of allylic oxidation sites excluding steroid dienone is 7. The molecule has 37 heavy (non-hydrogen) atoms. The summed E-state index contributed by atoms with van der Waals surface area (Å²) in [5, 5.41) is 18.3. The fourth-order valence-electron chi connectivity index (χ4n) is 3.59. The Labute approximate surface area is 220 Å². The molecule has 206 valence electrons. The number of ketones is 4. The molecule has 0 aromatic carbocycles. The Bertz CT molecular complexity index is 940. The Morgan fingerprint density at radius 3 is 1.92 bits per heavy atom. The molecule has 3 atom stereocenters. The summed E-state index contributed by atoms with van der Waals surface area (Å²) in [5.41, 5.74) is 7.22. The second-order valence-corrected chi connectivity index (χ2v) is 9.92. The largest absolute Gasteiger partial charge is 0.481 e. The first-order valence-electron chi connectivity index (χ1n) is 12.7. The van der Waals surface area contributed by atoms with Gasteiger partial charge in [-0.3, -0.25) is 24.0 Å². The monoisotopic (exact) mass is 517 g/mol. The van der Waals surface area contributed by atoms with Crippen LogP contribution in [0.3, 0.4) is 0 Å². The van der Waals surface area contributed by atoms with Crippen LogP contribution in [0.25, 0.3) is 0 Å². The lowest BCUT2D eigenvalue weighted by Crippen LogP contribution is -2.23. The van der Waals surface area contributed by atoms with Gasteiger partial charge in [-0.2, -0.15) is 0 Å². The van der Waals surface area contributed by atoms with E-state index in [1.54, 1.807) is 39.8 Å². The zero-order valence-electron chi connectivity index (χ0n) is 22.8. The van der Waals surface area contributed by atoms with Crippen molar-refractivity contribution in [3.05, 3.63) is 47.1 Å². The smallest absolute Gasteiger partial charge is 0.307 e. The maximum absolute atomic E-state index is 12.5. The summed E-state index contributed by atoms with van der Waals surface area (Å²) in [4.78, 5) is 59.2. The summed E-state index contributed by atoms with van der Waals surface area (Å²) in [6.07, 6.45) is 8.45. The number of carbonyl (C=O) groups excluding carboxylic acids is 4. The number of Topliss-reactive ketones (excluding diaryl/α,β-unsaturated/α-hetero) is 1. The minimum atomic E-state index is -1.01. The molecule has 0 bridgehead atoms.